The molecule has 0 unspecified atom stereocenters. The largest absolute Gasteiger partial charge is 0.339 e. The van der Waals surface area contributed by atoms with Gasteiger partial charge in [0.1, 0.15) is 12.2 Å². The molecule has 1 spiro atoms. The number of carbonyl (C=O) groups is 1. The van der Waals surface area contributed by atoms with Crippen LogP contribution in [0.4, 0.5) is 0 Å². The Kier molecular flexibility index (Phi) is 5.04. The molecule has 2 saturated heterocycles. The highest BCUT2D eigenvalue weighted by Gasteiger charge is 2.49. The molecule has 0 aromatic carbocycles. The minimum Gasteiger partial charge on any atom is -0.339 e. The SMILES string of the molecule is CC(C)n1cnnc1CN1CC[C@@]2(CCCN(C3CCCCC3)C2=O)C1. The number of amides is 1. The smallest absolute Gasteiger partial charge is 0.230 e. The summed E-state index contributed by atoms with van der Waals surface area (Å²) in [6, 6.07) is 0.876. The van der Waals surface area contributed by atoms with Gasteiger partial charge in [-0.15, -0.1) is 10.2 Å². The van der Waals surface area contributed by atoms with Gasteiger partial charge in [0, 0.05) is 25.2 Å². The van der Waals surface area contributed by atoms with Crippen molar-refractivity contribution in [2.75, 3.05) is 19.6 Å². The van der Waals surface area contributed by atoms with Gasteiger partial charge in [0.05, 0.1) is 12.0 Å². The Bertz CT molecular complexity index is 636. The minimum absolute atomic E-state index is 0.140. The van der Waals surface area contributed by atoms with E-state index in [1.165, 1.54) is 32.1 Å². The fourth-order valence-corrected chi connectivity index (χ4v) is 5.32. The molecule has 1 aromatic rings. The molecule has 3 heterocycles. The van der Waals surface area contributed by atoms with Crippen LogP contribution in [-0.2, 0) is 11.3 Å². The molecular weight excluding hydrogens is 326 g/mol. The van der Waals surface area contributed by atoms with Crippen molar-refractivity contribution in [3.63, 3.8) is 0 Å². The number of rotatable bonds is 4. The van der Waals surface area contributed by atoms with E-state index < -0.39 is 0 Å². The molecular formula is C20H33N5O. The molecule has 2 aliphatic heterocycles. The van der Waals surface area contributed by atoms with Gasteiger partial charge in [-0.2, -0.15) is 0 Å². The van der Waals surface area contributed by atoms with Crippen LogP contribution in [0.2, 0.25) is 0 Å². The Morgan fingerprint density at radius 3 is 2.73 bits per heavy atom. The van der Waals surface area contributed by atoms with Gasteiger partial charge in [0.15, 0.2) is 0 Å². The van der Waals surface area contributed by atoms with Crippen LogP contribution >= 0.6 is 0 Å². The zero-order valence-electron chi connectivity index (χ0n) is 16.4. The molecule has 6 heteroatoms. The van der Waals surface area contributed by atoms with Gasteiger partial charge in [-0.25, -0.2) is 0 Å². The summed E-state index contributed by atoms with van der Waals surface area (Å²) in [6.45, 7) is 7.98. The highest BCUT2D eigenvalue weighted by Crippen LogP contribution is 2.42. The number of likely N-dealkylation sites (tertiary alicyclic amines) is 2. The van der Waals surface area contributed by atoms with E-state index in [0.717, 1.165) is 51.3 Å². The van der Waals surface area contributed by atoms with Crippen molar-refractivity contribution in [1.82, 2.24) is 24.6 Å². The lowest BCUT2D eigenvalue weighted by Crippen LogP contribution is -2.54. The molecule has 4 rings (SSSR count). The van der Waals surface area contributed by atoms with Crippen LogP contribution in [0, 0.1) is 5.41 Å². The molecule has 1 aromatic heterocycles. The molecule has 1 saturated carbocycles. The minimum atomic E-state index is -0.140. The number of hydrogen-bond acceptors (Lipinski definition) is 4. The summed E-state index contributed by atoms with van der Waals surface area (Å²) in [6.07, 6.45) is 11.4. The molecule has 26 heavy (non-hydrogen) atoms. The molecule has 0 N–H and O–H groups in total. The highest BCUT2D eigenvalue weighted by molar-refractivity contribution is 5.84. The predicted octanol–water partition coefficient (Wildman–Crippen LogP) is 3.01. The third kappa shape index (κ3) is 3.28. The Morgan fingerprint density at radius 1 is 1.15 bits per heavy atom. The van der Waals surface area contributed by atoms with Crippen LogP contribution in [-0.4, -0.2) is 56.1 Å². The van der Waals surface area contributed by atoms with Crippen LogP contribution in [0.5, 0.6) is 0 Å². The molecule has 144 valence electrons. The van der Waals surface area contributed by atoms with Crippen molar-refractivity contribution in [2.24, 2.45) is 5.41 Å². The average molecular weight is 360 g/mol. The summed E-state index contributed by atoms with van der Waals surface area (Å²) in [5, 5.41) is 8.41. The monoisotopic (exact) mass is 359 g/mol. The summed E-state index contributed by atoms with van der Waals surface area (Å²) in [5.74, 6) is 1.47. The van der Waals surface area contributed by atoms with Gasteiger partial charge >= 0.3 is 0 Å². The van der Waals surface area contributed by atoms with Crippen molar-refractivity contribution >= 4 is 5.91 Å². The average Bonchev–Trinajstić information content (AvgIpc) is 3.27. The molecule has 1 atom stereocenters. The van der Waals surface area contributed by atoms with Crippen molar-refractivity contribution in [3.05, 3.63) is 12.2 Å². The Labute approximate surface area is 156 Å². The highest BCUT2D eigenvalue weighted by atomic mass is 16.2. The molecule has 0 radical (unpaired) electrons. The number of aromatic nitrogens is 3. The summed E-state index contributed by atoms with van der Waals surface area (Å²) in [7, 11) is 0. The van der Waals surface area contributed by atoms with Gasteiger partial charge < -0.3 is 9.47 Å². The Morgan fingerprint density at radius 2 is 1.96 bits per heavy atom. The van der Waals surface area contributed by atoms with E-state index in [4.69, 9.17) is 0 Å². The van der Waals surface area contributed by atoms with Crippen molar-refractivity contribution < 1.29 is 4.79 Å². The molecule has 3 aliphatic rings. The van der Waals surface area contributed by atoms with E-state index in [0.29, 0.717) is 18.0 Å². The maximum atomic E-state index is 13.4. The zero-order chi connectivity index (χ0) is 18.1. The van der Waals surface area contributed by atoms with Crippen molar-refractivity contribution in [1.29, 1.82) is 0 Å². The quantitative estimate of drug-likeness (QED) is 0.829. The predicted molar refractivity (Wildman–Crippen MR) is 101 cm³/mol. The standard InChI is InChI=1S/C20H33N5O/c1-16(2)25-15-21-22-18(25)13-23-12-10-20(14-23)9-6-11-24(19(20)26)17-7-4-3-5-8-17/h15-17H,3-14H2,1-2H3/t20-/m0/s1. The summed E-state index contributed by atoms with van der Waals surface area (Å²) in [4.78, 5) is 18.1. The fourth-order valence-electron chi connectivity index (χ4n) is 5.32. The second-order valence-electron chi connectivity index (χ2n) is 8.88. The number of piperidine rings is 1. The lowest BCUT2D eigenvalue weighted by atomic mass is 9.77. The van der Waals surface area contributed by atoms with E-state index in [1.54, 1.807) is 0 Å². The van der Waals surface area contributed by atoms with Gasteiger partial charge in [-0.05, 0) is 52.5 Å². The maximum Gasteiger partial charge on any atom is 0.230 e. The Hall–Kier alpha value is -1.43. The van der Waals surface area contributed by atoms with E-state index >= 15 is 0 Å². The topological polar surface area (TPSA) is 54.3 Å². The van der Waals surface area contributed by atoms with Crippen LogP contribution in [0.3, 0.4) is 0 Å². The number of nitrogens with zero attached hydrogens (tertiary/aromatic N) is 5. The van der Waals surface area contributed by atoms with E-state index in [9.17, 15) is 4.79 Å². The van der Waals surface area contributed by atoms with Crippen LogP contribution in [0.25, 0.3) is 0 Å². The number of carbonyl (C=O) groups excluding carboxylic acids is 1. The van der Waals surface area contributed by atoms with Gasteiger partial charge in [0.2, 0.25) is 5.91 Å². The first kappa shape index (κ1) is 18.0. The summed E-state index contributed by atoms with van der Waals surface area (Å²) < 4.78 is 2.14. The summed E-state index contributed by atoms with van der Waals surface area (Å²) >= 11 is 0. The first-order valence-corrected chi connectivity index (χ1v) is 10.5. The first-order valence-electron chi connectivity index (χ1n) is 10.5. The van der Waals surface area contributed by atoms with E-state index in [-0.39, 0.29) is 5.41 Å². The zero-order valence-corrected chi connectivity index (χ0v) is 16.4. The number of hydrogen-bond donors (Lipinski definition) is 0. The maximum absolute atomic E-state index is 13.4. The van der Waals surface area contributed by atoms with E-state index in [1.807, 2.05) is 6.33 Å². The molecule has 1 amide bonds. The fraction of sp³-hybridized carbons (Fsp3) is 0.850. The van der Waals surface area contributed by atoms with Crippen molar-refractivity contribution in [3.8, 4) is 0 Å². The van der Waals surface area contributed by atoms with Gasteiger partial charge in [0.25, 0.3) is 0 Å². The van der Waals surface area contributed by atoms with Crippen LogP contribution in [0.15, 0.2) is 6.33 Å². The molecule has 3 fully saturated rings. The molecule has 6 nitrogen and oxygen atoms in total. The Balaban J connectivity index is 1.44. The second-order valence-corrected chi connectivity index (χ2v) is 8.88. The third-order valence-corrected chi connectivity index (χ3v) is 6.79. The molecule has 1 aliphatic carbocycles. The lowest BCUT2D eigenvalue weighted by molar-refractivity contribution is -0.149. The first-order chi connectivity index (χ1) is 12.6. The van der Waals surface area contributed by atoms with E-state index in [2.05, 4.69) is 38.4 Å². The normalized spacial score (nSPS) is 28.6. The van der Waals surface area contributed by atoms with Crippen molar-refractivity contribution in [2.45, 2.75) is 83.8 Å². The summed E-state index contributed by atoms with van der Waals surface area (Å²) in [5.41, 5.74) is -0.140. The second kappa shape index (κ2) is 7.29. The van der Waals surface area contributed by atoms with Crippen LogP contribution < -0.4 is 0 Å². The van der Waals surface area contributed by atoms with Gasteiger partial charge in [-0.1, -0.05) is 19.3 Å². The van der Waals surface area contributed by atoms with Gasteiger partial charge in [-0.3, -0.25) is 9.69 Å². The lowest BCUT2D eigenvalue weighted by Gasteiger charge is -2.44. The third-order valence-electron chi connectivity index (χ3n) is 6.79. The molecule has 0 bridgehead atoms. The van der Waals surface area contributed by atoms with Crippen LogP contribution in [0.1, 0.15) is 77.1 Å².